The lowest BCUT2D eigenvalue weighted by Crippen LogP contribution is -2.07. The molecule has 0 aromatic heterocycles. The molecule has 6 heteroatoms. The second-order valence-electron chi connectivity index (χ2n) is 4.11. The molecule has 0 radical (unpaired) electrons. The number of alkyl halides is 3. The summed E-state index contributed by atoms with van der Waals surface area (Å²) in [6, 6.07) is 7.79. The van der Waals surface area contributed by atoms with Crippen LogP contribution in [0.1, 0.15) is 5.56 Å². The van der Waals surface area contributed by atoms with Gasteiger partial charge in [0, 0.05) is 5.02 Å². The van der Waals surface area contributed by atoms with Gasteiger partial charge < -0.3 is 9.84 Å². The van der Waals surface area contributed by atoms with E-state index >= 15 is 0 Å². The van der Waals surface area contributed by atoms with E-state index in [1.54, 1.807) is 0 Å². The molecule has 0 aliphatic rings. The number of rotatable bonds is 2. The molecule has 0 unspecified atom stereocenters. The van der Waals surface area contributed by atoms with Gasteiger partial charge in [-0.15, -0.1) is 0 Å². The Hall–Kier alpha value is -1.88. The Kier molecular flexibility index (Phi) is 3.81. The van der Waals surface area contributed by atoms with Gasteiger partial charge in [-0.2, -0.15) is 13.2 Å². The number of hydrogen-bond acceptors (Lipinski definition) is 2. The Morgan fingerprint density at radius 2 is 1.75 bits per heavy atom. The van der Waals surface area contributed by atoms with Crippen molar-refractivity contribution in [3.8, 4) is 22.6 Å². The van der Waals surface area contributed by atoms with E-state index in [9.17, 15) is 18.3 Å². The summed E-state index contributed by atoms with van der Waals surface area (Å²) in [5.41, 5.74) is -0.198. The fourth-order valence-electron chi connectivity index (χ4n) is 1.85. The smallest absolute Gasteiger partial charge is 0.419 e. The highest BCUT2D eigenvalue weighted by molar-refractivity contribution is 6.31. The van der Waals surface area contributed by atoms with E-state index < -0.39 is 11.7 Å². The summed E-state index contributed by atoms with van der Waals surface area (Å²) in [6.45, 7) is 0. The van der Waals surface area contributed by atoms with Gasteiger partial charge >= 0.3 is 6.18 Å². The van der Waals surface area contributed by atoms with Crippen molar-refractivity contribution in [3.05, 3.63) is 47.0 Å². The van der Waals surface area contributed by atoms with Crippen LogP contribution in [-0.4, -0.2) is 12.2 Å². The van der Waals surface area contributed by atoms with Gasteiger partial charge in [0.25, 0.3) is 0 Å². The topological polar surface area (TPSA) is 29.5 Å². The zero-order chi connectivity index (χ0) is 14.9. The average molecular weight is 303 g/mol. The van der Waals surface area contributed by atoms with Gasteiger partial charge in [-0.1, -0.05) is 17.7 Å². The molecule has 0 bridgehead atoms. The molecule has 0 heterocycles. The molecule has 1 N–H and O–H groups in total. The number of phenolic OH excluding ortho intramolecular Hbond substituents is 1. The lowest BCUT2D eigenvalue weighted by atomic mass is 10.0. The fourth-order valence-corrected chi connectivity index (χ4v) is 2.08. The molecule has 0 aliphatic carbocycles. The van der Waals surface area contributed by atoms with Crippen LogP contribution in [0.5, 0.6) is 11.5 Å². The Balaban J connectivity index is 2.58. The van der Waals surface area contributed by atoms with Gasteiger partial charge in [0.2, 0.25) is 0 Å². The van der Waals surface area contributed by atoms with E-state index in [0.717, 1.165) is 6.07 Å². The summed E-state index contributed by atoms with van der Waals surface area (Å²) in [5, 5.41) is 9.69. The van der Waals surface area contributed by atoms with Gasteiger partial charge in [-0.05, 0) is 41.5 Å². The zero-order valence-electron chi connectivity index (χ0n) is 10.3. The number of phenols is 1. The third kappa shape index (κ3) is 2.99. The second-order valence-corrected chi connectivity index (χ2v) is 4.55. The molecule has 0 aliphatic heterocycles. The predicted molar refractivity (Wildman–Crippen MR) is 70.1 cm³/mol. The van der Waals surface area contributed by atoms with Crippen molar-refractivity contribution < 1.29 is 23.0 Å². The highest BCUT2D eigenvalue weighted by atomic mass is 35.5. The molecule has 20 heavy (non-hydrogen) atoms. The second kappa shape index (κ2) is 5.25. The van der Waals surface area contributed by atoms with E-state index in [-0.39, 0.29) is 22.1 Å². The van der Waals surface area contributed by atoms with Crippen molar-refractivity contribution in [2.24, 2.45) is 0 Å². The quantitative estimate of drug-likeness (QED) is 0.868. The summed E-state index contributed by atoms with van der Waals surface area (Å²) in [6.07, 6.45) is -4.53. The molecule has 0 atom stereocenters. The van der Waals surface area contributed by atoms with Gasteiger partial charge in [-0.25, -0.2) is 0 Å². The minimum Gasteiger partial charge on any atom is -0.508 e. The Labute approximate surface area is 118 Å². The highest BCUT2D eigenvalue weighted by Crippen LogP contribution is 2.39. The van der Waals surface area contributed by atoms with E-state index in [2.05, 4.69) is 0 Å². The van der Waals surface area contributed by atoms with Crippen LogP contribution in [0.25, 0.3) is 11.1 Å². The Bertz CT molecular complexity index is 619. The molecule has 106 valence electrons. The first-order chi connectivity index (χ1) is 9.31. The minimum atomic E-state index is -4.53. The van der Waals surface area contributed by atoms with Crippen molar-refractivity contribution >= 4 is 11.6 Å². The molecule has 0 saturated heterocycles. The third-order valence-electron chi connectivity index (χ3n) is 2.72. The monoisotopic (exact) mass is 302 g/mol. The summed E-state index contributed by atoms with van der Waals surface area (Å²) < 4.78 is 43.5. The first kappa shape index (κ1) is 14.5. The number of aromatic hydroxyl groups is 1. The maximum atomic E-state index is 12.9. The summed E-state index contributed by atoms with van der Waals surface area (Å²) in [7, 11) is 1.18. The molecule has 2 nitrogen and oxygen atoms in total. The maximum Gasteiger partial charge on any atom is 0.419 e. The molecule has 0 spiro atoms. The van der Waals surface area contributed by atoms with Gasteiger partial charge in [0.15, 0.2) is 0 Å². The molecule has 0 fully saturated rings. The Morgan fingerprint density at radius 3 is 2.30 bits per heavy atom. The van der Waals surface area contributed by atoms with Crippen molar-refractivity contribution in [2.75, 3.05) is 7.11 Å². The standard InChI is InChI=1S/C14H10ClF3O2/c1-20-13-3-2-8(6-12(13)14(16,17)18)9-4-10(15)7-11(19)5-9/h2-7,19H,1H3. The summed E-state index contributed by atoms with van der Waals surface area (Å²) in [4.78, 5) is 0. The van der Waals surface area contributed by atoms with Crippen LogP contribution >= 0.6 is 11.6 Å². The van der Waals surface area contributed by atoms with Gasteiger partial charge in [-0.3, -0.25) is 0 Å². The largest absolute Gasteiger partial charge is 0.508 e. The molecule has 0 amide bonds. The van der Waals surface area contributed by atoms with Crippen molar-refractivity contribution in [1.29, 1.82) is 0 Å². The fraction of sp³-hybridized carbons (Fsp3) is 0.143. The van der Waals surface area contributed by atoms with Crippen molar-refractivity contribution in [2.45, 2.75) is 6.18 Å². The number of halogens is 4. The van der Waals surface area contributed by atoms with Crippen LogP contribution in [0.4, 0.5) is 13.2 Å². The van der Waals surface area contributed by atoms with Crippen LogP contribution < -0.4 is 4.74 Å². The predicted octanol–water partition coefficient (Wildman–Crippen LogP) is 4.74. The van der Waals surface area contributed by atoms with E-state index in [1.807, 2.05) is 0 Å². The first-order valence-corrected chi connectivity index (χ1v) is 5.94. The molecule has 2 aromatic carbocycles. The molecule has 2 rings (SSSR count). The van der Waals surface area contributed by atoms with E-state index in [4.69, 9.17) is 16.3 Å². The average Bonchev–Trinajstić information content (AvgIpc) is 2.35. The summed E-state index contributed by atoms with van der Waals surface area (Å²) >= 11 is 5.78. The lowest BCUT2D eigenvalue weighted by Gasteiger charge is -2.13. The van der Waals surface area contributed by atoms with Gasteiger partial charge in [0.05, 0.1) is 12.7 Å². The molecular formula is C14H10ClF3O2. The minimum absolute atomic E-state index is 0.114. The number of ether oxygens (including phenoxy) is 1. The summed E-state index contributed by atoms with van der Waals surface area (Å²) in [5.74, 6) is -0.371. The zero-order valence-corrected chi connectivity index (χ0v) is 11.1. The van der Waals surface area contributed by atoms with Crippen molar-refractivity contribution in [3.63, 3.8) is 0 Å². The third-order valence-corrected chi connectivity index (χ3v) is 2.94. The van der Waals surface area contributed by atoms with Crippen LogP contribution in [0.3, 0.4) is 0 Å². The van der Waals surface area contributed by atoms with E-state index in [1.165, 1.54) is 37.4 Å². The van der Waals surface area contributed by atoms with Gasteiger partial charge in [0.1, 0.15) is 11.5 Å². The molecular weight excluding hydrogens is 293 g/mol. The van der Waals surface area contributed by atoms with Crippen LogP contribution in [-0.2, 0) is 6.18 Å². The van der Waals surface area contributed by atoms with Crippen molar-refractivity contribution in [1.82, 2.24) is 0 Å². The Morgan fingerprint density at radius 1 is 1.05 bits per heavy atom. The van der Waals surface area contributed by atoms with Crippen LogP contribution in [0, 0.1) is 0 Å². The SMILES string of the molecule is COc1ccc(-c2cc(O)cc(Cl)c2)cc1C(F)(F)F. The molecule has 2 aromatic rings. The lowest BCUT2D eigenvalue weighted by molar-refractivity contribution is -0.138. The maximum absolute atomic E-state index is 12.9. The molecule has 0 saturated carbocycles. The van der Waals surface area contributed by atoms with E-state index in [0.29, 0.717) is 5.56 Å². The number of benzene rings is 2. The van der Waals surface area contributed by atoms with Crippen LogP contribution in [0.2, 0.25) is 5.02 Å². The van der Waals surface area contributed by atoms with Crippen LogP contribution in [0.15, 0.2) is 36.4 Å². The highest BCUT2D eigenvalue weighted by Gasteiger charge is 2.34. The normalized spacial score (nSPS) is 11.4. The number of hydrogen-bond donors (Lipinski definition) is 1. The number of methoxy groups -OCH3 is 1. The first-order valence-electron chi connectivity index (χ1n) is 5.56.